The number of hydrogen-bond acceptors (Lipinski definition) is 3. The Labute approximate surface area is 47.9 Å². The molecule has 0 radical (unpaired) electrons. The zero-order valence-corrected chi connectivity index (χ0v) is 4.96. The molecule has 1 rings (SSSR count). The highest BCUT2D eigenvalue weighted by molar-refractivity contribution is 5.19. The van der Waals surface area contributed by atoms with E-state index in [-0.39, 0.29) is 0 Å². The van der Waals surface area contributed by atoms with Gasteiger partial charge in [-0.2, -0.15) is 0 Å². The van der Waals surface area contributed by atoms with Crippen molar-refractivity contribution in [2.45, 2.75) is 0 Å². The molecule has 0 unspecified atom stereocenters. The fraction of sp³-hybridized carbons (Fsp3) is 0.400. The molecular weight excluding hydrogens is 104 g/mol. The molecule has 0 aliphatic heterocycles. The molecule has 3 heteroatoms. The maximum absolute atomic E-state index is 4.91. The minimum Gasteiger partial charge on any atom is -0.432 e. The fourth-order valence-corrected chi connectivity index (χ4v) is 0.437. The van der Waals surface area contributed by atoms with Crippen molar-refractivity contribution in [3.05, 3.63) is 12.5 Å². The summed E-state index contributed by atoms with van der Waals surface area (Å²) in [7, 11) is 3.76. The van der Waals surface area contributed by atoms with Gasteiger partial charge in [-0.15, -0.1) is 0 Å². The van der Waals surface area contributed by atoms with Gasteiger partial charge in [0, 0.05) is 14.1 Å². The van der Waals surface area contributed by atoms with E-state index in [0.717, 1.165) is 0 Å². The van der Waals surface area contributed by atoms with Crippen LogP contribution in [0.2, 0.25) is 0 Å². The first-order valence-corrected chi connectivity index (χ1v) is 2.37. The zero-order valence-electron chi connectivity index (χ0n) is 4.96. The SMILES string of the molecule is CN(C)c1ncco1. The molecule has 0 bridgehead atoms. The van der Waals surface area contributed by atoms with Gasteiger partial charge in [-0.25, -0.2) is 4.98 Å². The van der Waals surface area contributed by atoms with E-state index < -0.39 is 0 Å². The Morgan fingerprint density at radius 3 is 2.62 bits per heavy atom. The molecule has 0 saturated carbocycles. The van der Waals surface area contributed by atoms with Gasteiger partial charge in [0.25, 0.3) is 6.01 Å². The molecule has 0 fully saturated rings. The summed E-state index contributed by atoms with van der Waals surface area (Å²) in [5, 5.41) is 0. The lowest BCUT2D eigenvalue weighted by Gasteiger charge is -2.02. The number of oxazole rings is 1. The van der Waals surface area contributed by atoms with Crippen LogP contribution in [0, 0.1) is 0 Å². The maximum atomic E-state index is 4.91. The molecule has 1 aromatic heterocycles. The quantitative estimate of drug-likeness (QED) is 0.536. The van der Waals surface area contributed by atoms with Gasteiger partial charge in [-0.3, -0.25) is 0 Å². The molecule has 1 heterocycles. The Hall–Kier alpha value is -0.990. The second-order valence-electron chi connectivity index (χ2n) is 1.71. The second kappa shape index (κ2) is 1.86. The molecule has 0 N–H and O–H groups in total. The predicted octanol–water partition coefficient (Wildman–Crippen LogP) is 0.741. The summed E-state index contributed by atoms with van der Waals surface area (Å²) in [6.07, 6.45) is 3.17. The fourth-order valence-electron chi connectivity index (χ4n) is 0.437. The van der Waals surface area contributed by atoms with Crippen molar-refractivity contribution in [1.82, 2.24) is 4.98 Å². The number of aromatic nitrogens is 1. The van der Waals surface area contributed by atoms with E-state index in [4.69, 9.17) is 4.42 Å². The Morgan fingerprint density at radius 1 is 1.62 bits per heavy atom. The van der Waals surface area contributed by atoms with Crippen LogP contribution in [0.15, 0.2) is 16.9 Å². The van der Waals surface area contributed by atoms with Gasteiger partial charge in [0.05, 0.1) is 6.20 Å². The van der Waals surface area contributed by atoms with Crippen molar-refractivity contribution in [2.75, 3.05) is 19.0 Å². The average Bonchev–Trinajstić information content (AvgIpc) is 2.12. The molecule has 0 aromatic carbocycles. The van der Waals surface area contributed by atoms with Gasteiger partial charge in [0.1, 0.15) is 6.26 Å². The van der Waals surface area contributed by atoms with Crippen LogP contribution in [0.4, 0.5) is 6.01 Å². The zero-order chi connectivity index (χ0) is 5.98. The minimum absolute atomic E-state index is 0.644. The molecule has 0 saturated heterocycles. The van der Waals surface area contributed by atoms with Crippen LogP contribution in [0.3, 0.4) is 0 Å². The summed E-state index contributed by atoms with van der Waals surface area (Å²) < 4.78 is 4.91. The van der Waals surface area contributed by atoms with Gasteiger partial charge >= 0.3 is 0 Å². The molecule has 0 amide bonds. The highest BCUT2D eigenvalue weighted by Crippen LogP contribution is 2.03. The van der Waals surface area contributed by atoms with Crippen molar-refractivity contribution >= 4 is 6.01 Å². The number of anilines is 1. The molecule has 1 aromatic rings. The van der Waals surface area contributed by atoms with E-state index in [2.05, 4.69) is 4.98 Å². The van der Waals surface area contributed by atoms with E-state index in [1.807, 2.05) is 14.1 Å². The van der Waals surface area contributed by atoms with E-state index in [1.54, 1.807) is 17.4 Å². The van der Waals surface area contributed by atoms with E-state index in [9.17, 15) is 0 Å². The Kier molecular flexibility index (Phi) is 1.20. The normalized spacial score (nSPS) is 9.25. The number of rotatable bonds is 1. The summed E-state index contributed by atoms with van der Waals surface area (Å²) in [5.41, 5.74) is 0. The topological polar surface area (TPSA) is 29.3 Å². The van der Waals surface area contributed by atoms with Crippen molar-refractivity contribution < 1.29 is 4.42 Å². The number of nitrogens with zero attached hydrogens (tertiary/aromatic N) is 2. The van der Waals surface area contributed by atoms with Crippen LogP contribution < -0.4 is 4.90 Å². The van der Waals surface area contributed by atoms with Crippen LogP contribution in [0.5, 0.6) is 0 Å². The Morgan fingerprint density at radius 2 is 2.38 bits per heavy atom. The highest BCUT2D eigenvalue weighted by Gasteiger charge is 1.94. The first kappa shape index (κ1) is 5.15. The largest absolute Gasteiger partial charge is 0.432 e. The van der Waals surface area contributed by atoms with Crippen LogP contribution in [0.1, 0.15) is 0 Å². The lowest BCUT2D eigenvalue weighted by Crippen LogP contribution is -2.08. The first-order chi connectivity index (χ1) is 3.80. The van der Waals surface area contributed by atoms with Crippen LogP contribution >= 0.6 is 0 Å². The summed E-state index contributed by atoms with van der Waals surface area (Å²) in [6.45, 7) is 0. The smallest absolute Gasteiger partial charge is 0.296 e. The first-order valence-electron chi connectivity index (χ1n) is 2.37. The molecule has 0 atom stereocenters. The van der Waals surface area contributed by atoms with E-state index in [1.165, 1.54) is 0 Å². The lowest BCUT2D eigenvalue weighted by molar-refractivity contribution is 0.556. The monoisotopic (exact) mass is 112 g/mol. The van der Waals surface area contributed by atoms with Crippen molar-refractivity contribution in [3.63, 3.8) is 0 Å². The molecular formula is C5H8N2O. The van der Waals surface area contributed by atoms with Gasteiger partial charge in [-0.1, -0.05) is 0 Å². The van der Waals surface area contributed by atoms with Crippen LogP contribution in [-0.2, 0) is 0 Å². The van der Waals surface area contributed by atoms with Gasteiger partial charge < -0.3 is 9.32 Å². The molecule has 0 aliphatic carbocycles. The third-order valence-electron chi connectivity index (χ3n) is 0.802. The average molecular weight is 112 g/mol. The van der Waals surface area contributed by atoms with Crippen LogP contribution in [0.25, 0.3) is 0 Å². The molecule has 0 aliphatic rings. The van der Waals surface area contributed by atoms with Gasteiger partial charge in [0.2, 0.25) is 0 Å². The van der Waals surface area contributed by atoms with Crippen molar-refractivity contribution in [2.24, 2.45) is 0 Å². The van der Waals surface area contributed by atoms with E-state index >= 15 is 0 Å². The second-order valence-corrected chi connectivity index (χ2v) is 1.71. The molecule has 8 heavy (non-hydrogen) atoms. The summed E-state index contributed by atoms with van der Waals surface area (Å²) in [4.78, 5) is 5.68. The standard InChI is InChI=1S/C5H8N2O/c1-7(2)5-6-3-4-8-5/h3-4H,1-2H3. The third kappa shape index (κ3) is 0.804. The molecule has 44 valence electrons. The van der Waals surface area contributed by atoms with Crippen LogP contribution in [-0.4, -0.2) is 19.1 Å². The predicted molar refractivity (Wildman–Crippen MR) is 30.8 cm³/mol. The number of hydrogen-bond donors (Lipinski definition) is 0. The molecule has 0 spiro atoms. The Bertz CT molecular complexity index is 145. The van der Waals surface area contributed by atoms with Gasteiger partial charge in [-0.05, 0) is 0 Å². The van der Waals surface area contributed by atoms with Crippen molar-refractivity contribution in [3.8, 4) is 0 Å². The summed E-state index contributed by atoms with van der Waals surface area (Å²) in [6, 6.07) is 0.644. The summed E-state index contributed by atoms with van der Waals surface area (Å²) in [5.74, 6) is 0. The van der Waals surface area contributed by atoms with Crippen molar-refractivity contribution in [1.29, 1.82) is 0 Å². The third-order valence-corrected chi connectivity index (χ3v) is 0.802. The van der Waals surface area contributed by atoms with E-state index in [0.29, 0.717) is 6.01 Å². The lowest BCUT2D eigenvalue weighted by atomic mass is 10.9. The maximum Gasteiger partial charge on any atom is 0.296 e. The minimum atomic E-state index is 0.644. The highest BCUT2D eigenvalue weighted by atomic mass is 16.4. The molecule has 3 nitrogen and oxygen atoms in total. The Balaban J connectivity index is 2.77. The van der Waals surface area contributed by atoms with Gasteiger partial charge in [0.15, 0.2) is 0 Å². The summed E-state index contributed by atoms with van der Waals surface area (Å²) >= 11 is 0.